The van der Waals surface area contributed by atoms with Crippen molar-refractivity contribution in [3.05, 3.63) is 99.4 Å². The van der Waals surface area contributed by atoms with Gasteiger partial charge in [0.25, 0.3) is 5.91 Å². The van der Waals surface area contributed by atoms with E-state index in [1.54, 1.807) is 36.7 Å². The second kappa shape index (κ2) is 11.8. The van der Waals surface area contributed by atoms with Crippen LogP contribution >= 0.6 is 11.6 Å². The van der Waals surface area contributed by atoms with E-state index >= 15 is 0 Å². The highest BCUT2D eigenvalue weighted by molar-refractivity contribution is 6.31. The highest BCUT2D eigenvalue weighted by Gasteiger charge is 2.39. The number of carbonyl (C=O) groups excluding carboxylic acids is 1. The minimum Gasteiger partial charge on any atom is -0.475 e. The lowest BCUT2D eigenvalue weighted by atomic mass is 10.1. The standard InChI is InChI=1S/C27H24ClN5O2.C2HF3O2/c28-19-7-8-23-24(10-19)32(21-4-2-1-3-5-21)15-18(26(23)34)13-31-27(35)17-6-9-25(30-12-17)33-16-20-11-22(33)14-29-20;3-2(4,5)1(6)7/h1-10,12,15,20,22,29H,11,13-14,16H2,(H,31,35);(H,6,7). The topological polar surface area (TPSA) is 117 Å². The van der Waals surface area contributed by atoms with Crippen molar-refractivity contribution in [1.29, 1.82) is 0 Å². The van der Waals surface area contributed by atoms with Crippen molar-refractivity contribution in [2.24, 2.45) is 0 Å². The Kier molecular flexibility index (Phi) is 8.19. The normalized spacial score (nSPS) is 17.6. The Labute approximate surface area is 242 Å². The van der Waals surface area contributed by atoms with Gasteiger partial charge in [0.05, 0.1) is 11.1 Å². The molecule has 13 heteroatoms. The molecular weight excluding hydrogens is 575 g/mol. The fraction of sp³-hybridized carbons (Fsp3) is 0.241. The maximum atomic E-state index is 13.2. The number of alkyl halides is 3. The zero-order chi connectivity index (χ0) is 30.0. The Hall–Kier alpha value is -4.42. The van der Waals surface area contributed by atoms with Crippen LogP contribution in [0.1, 0.15) is 22.3 Å². The first-order valence-corrected chi connectivity index (χ1v) is 13.3. The van der Waals surface area contributed by atoms with Gasteiger partial charge in [0, 0.05) is 65.8 Å². The molecular formula is C29H25ClF3N5O4. The molecule has 42 heavy (non-hydrogen) atoms. The lowest BCUT2D eigenvalue weighted by Gasteiger charge is -2.28. The lowest BCUT2D eigenvalue weighted by molar-refractivity contribution is -0.192. The lowest BCUT2D eigenvalue weighted by Crippen LogP contribution is -2.44. The Morgan fingerprint density at radius 3 is 2.45 bits per heavy atom. The molecule has 2 atom stereocenters. The smallest absolute Gasteiger partial charge is 0.475 e. The number of nitrogens with zero attached hydrogens (tertiary/aromatic N) is 3. The molecule has 0 spiro atoms. The number of carboxylic acid groups (broad SMARTS) is 1. The number of fused-ring (bicyclic) bond motifs is 3. The number of para-hydroxylation sites is 1. The first-order chi connectivity index (χ1) is 20.0. The zero-order valence-electron chi connectivity index (χ0n) is 21.9. The van der Waals surface area contributed by atoms with Gasteiger partial charge in [-0.05, 0) is 48.9 Å². The molecule has 2 aliphatic heterocycles. The van der Waals surface area contributed by atoms with E-state index in [2.05, 4.69) is 20.5 Å². The average molecular weight is 600 g/mol. The summed E-state index contributed by atoms with van der Waals surface area (Å²) in [7, 11) is 0. The van der Waals surface area contributed by atoms with Crippen molar-refractivity contribution in [1.82, 2.24) is 20.2 Å². The van der Waals surface area contributed by atoms with Crippen molar-refractivity contribution in [2.45, 2.75) is 31.2 Å². The molecule has 2 aromatic carbocycles. The van der Waals surface area contributed by atoms with Crippen LogP contribution in [0.25, 0.3) is 16.6 Å². The minimum atomic E-state index is -5.08. The van der Waals surface area contributed by atoms with E-state index in [0.29, 0.717) is 33.6 Å². The molecule has 6 rings (SSSR count). The van der Waals surface area contributed by atoms with Crippen LogP contribution in [0.15, 0.2) is 77.9 Å². The van der Waals surface area contributed by atoms with Gasteiger partial charge in [-0.1, -0.05) is 29.8 Å². The molecule has 4 heterocycles. The van der Waals surface area contributed by atoms with Gasteiger partial charge in [-0.3, -0.25) is 9.59 Å². The number of hydrogen-bond acceptors (Lipinski definition) is 6. The first kappa shape index (κ1) is 29.1. The second-order valence-corrected chi connectivity index (χ2v) is 10.3. The van der Waals surface area contributed by atoms with Crippen LogP contribution in [-0.2, 0) is 11.3 Å². The van der Waals surface area contributed by atoms with Gasteiger partial charge in [-0.2, -0.15) is 13.2 Å². The first-order valence-electron chi connectivity index (χ1n) is 12.9. The highest BCUT2D eigenvalue weighted by Crippen LogP contribution is 2.28. The number of aromatic nitrogens is 2. The van der Waals surface area contributed by atoms with Crippen molar-refractivity contribution >= 4 is 40.2 Å². The maximum Gasteiger partial charge on any atom is 0.490 e. The molecule has 1 amide bonds. The van der Waals surface area contributed by atoms with Gasteiger partial charge < -0.3 is 25.2 Å². The van der Waals surface area contributed by atoms with E-state index in [1.807, 2.05) is 41.0 Å². The van der Waals surface area contributed by atoms with Crippen LogP contribution in [0.2, 0.25) is 5.02 Å². The summed E-state index contributed by atoms with van der Waals surface area (Å²) in [5, 5.41) is 14.6. The monoisotopic (exact) mass is 599 g/mol. The largest absolute Gasteiger partial charge is 0.490 e. The molecule has 218 valence electrons. The Balaban J connectivity index is 0.000000451. The number of pyridine rings is 2. The van der Waals surface area contributed by atoms with Gasteiger partial charge in [0.2, 0.25) is 0 Å². The Morgan fingerprint density at radius 1 is 1.12 bits per heavy atom. The number of piperazine rings is 1. The van der Waals surface area contributed by atoms with Gasteiger partial charge in [-0.15, -0.1) is 0 Å². The molecule has 2 bridgehead atoms. The van der Waals surface area contributed by atoms with Crippen LogP contribution in [0.4, 0.5) is 19.0 Å². The number of carbonyl (C=O) groups is 2. The molecule has 0 saturated carbocycles. The molecule has 0 aliphatic carbocycles. The predicted molar refractivity (Wildman–Crippen MR) is 151 cm³/mol. The summed E-state index contributed by atoms with van der Waals surface area (Å²) in [5.74, 6) is -2.13. The van der Waals surface area contributed by atoms with E-state index in [0.717, 1.165) is 36.5 Å². The molecule has 3 N–H and O–H groups in total. The van der Waals surface area contributed by atoms with Crippen molar-refractivity contribution < 1.29 is 27.9 Å². The third kappa shape index (κ3) is 6.24. The van der Waals surface area contributed by atoms with Gasteiger partial charge >= 0.3 is 12.1 Å². The SMILES string of the molecule is O=C(NCc1cn(-c2ccccc2)c2cc(Cl)ccc2c1=O)c1ccc(N2CC3CC2CN3)nc1.O=C(O)C(F)(F)F. The van der Waals surface area contributed by atoms with Crippen LogP contribution in [0.3, 0.4) is 0 Å². The number of aliphatic carboxylic acids is 1. The quantitative estimate of drug-likeness (QED) is 0.316. The number of amides is 1. The van der Waals surface area contributed by atoms with Gasteiger partial charge in [-0.25, -0.2) is 9.78 Å². The number of halogens is 4. The van der Waals surface area contributed by atoms with E-state index in [1.165, 1.54) is 0 Å². The molecule has 9 nitrogen and oxygen atoms in total. The van der Waals surface area contributed by atoms with Gasteiger partial charge in [0.1, 0.15) is 5.82 Å². The summed E-state index contributed by atoms with van der Waals surface area (Å²) >= 11 is 6.23. The number of nitrogens with one attached hydrogen (secondary N) is 2. The second-order valence-electron chi connectivity index (χ2n) is 9.89. The van der Waals surface area contributed by atoms with E-state index in [4.69, 9.17) is 21.5 Å². The highest BCUT2D eigenvalue weighted by atomic mass is 35.5. The average Bonchev–Trinajstić information content (AvgIpc) is 3.61. The summed E-state index contributed by atoms with van der Waals surface area (Å²) in [6.07, 6.45) is -0.564. The Morgan fingerprint density at radius 2 is 1.86 bits per heavy atom. The molecule has 4 aromatic rings. The number of hydrogen-bond donors (Lipinski definition) is 3. The molecule has 2 saturated heterocycles. The number of carboxylic acids is 1. The molecule has 2 aromatic heterocycles. The van der Waals surface area contributed by atoms with Crippen LogP contribution in [0, 0.1) is 0 Å². The summed E-state index contributed by atoms with van der Waals surface area (Å²) < 4.78 is 33.7. The fourth-order valence-corrected chi connectivity index (χ4v) is 5.26. The van der Waals surface area contributed by atoms with Crippen molar-refractivity contribution in [3.63, 3.8) is 0 Å². The summed E-state index contributed by atoms with van der Waals surface area (Å²) in [6.45, 7) is 2.03. The van der Waals surface area contributed by atoms with Crippen molar-refractivity contribution in [3.8, 4) is 5.69 Å². The number of benzene rings is 2. The molecule has 2 fully saturated rings. The summed E-state index contributed by atoms with van der Waals surface area (Å²) in [5.41, 5.74) is 2.44. The van der Waals surface area contributed by atoms with Crippen LogP contribution in [0.5, 0.6) is 0 Å². The van der Waals surface area contributed by atoms with Crippen LogP contribution < -0.4 is 21.0 Å². The third-order valence-electron chi connectivity index (χ3n) is 7.12. The Bertz CT molecular complexity index is 1680. The molecule has 0 radical (unpaired) electrons. The van der Waals surface area contributed by atoms with E-state index in [9.17, 15) is 22.8 Å². The van der Waals surface area contributed by atoms with E-state index < -0.39 is 12.1 Å². The minimum absolute atomic E-state index is 0.104. The van der Waals surface area contributed by atoms with Crippen molar-refractivity contribution in [2.75, 3.05) is 18.0 Å². The zero-order valence-corrected chi connectivity index (χ0v) is 22.7. The fourth-order valence-electron chi connectivity index (χ4n) is 5.09. The molecule has 2 aliphatic rings. The number of rotatable bonds is 5. The predicted octanol–water partition coefficient (Wildman–Crippen LogP) is 4.15. The molecule has 2 unspecified atom stereocenters. The van der Waals surface area contributed by atoms with Crippen LogP contribution in [-0.4, -0.2) is 57.9 Å². The van der Waals surface area contributed by atoms with Gasteiger partial charge in [0.15, 0.2) is 5.43 Å². The summed E-state index contributed by atoms with van der Waals surface area (Å²) in [4.78, 5) is 41.8. The third-order valence-corrected chi connectivity index (χ3v) is 7.35. The number of anilines is 1. The van der Waals surface area contributed by atoms with E-state index in [-0.39, 0.29) is 17.9 Å². The summed E-state index contributed by atoms with van der Waals surface area (Å²) in [6, 6.07) is 19.6. The maximum absolute atomic E-state index is 13.2.